The van der Waals surface area contributed by atoms with E-state index in [9.17, 15) is 4.79 Å². The Morgan fingerprint density at radius 3 is 2.74 bits per heavy atom. The number of aryl methyl sites for hydroxylation is 1. The molecule has 8 heteroatoms. The molecule has 136 valence electrons. The fourth-order valence-electron chi connectivity index (χ4n) is 2.64. The van der Waals surface area contributed by atoms with E-state index in [-0.39, 0.29) is 5.56 Å². The summed E-state index contributed by atoms with van der Waals surface area (Å²) in [7, 11) is 0. The van der Waals surface area contributed by atoms with E-state index in [0.29, 0.717) is 45.8 Å². The van der Waals surface area contributed by atoms with E-state index in [1.807, 2.05) is 42.5 Å². The van der Waals surface area contributed by atoms with Crippen LogP contribution in [-0.4, -0.2) is 25.5 Å². The molecule has 6 nitrogen and oxygen atoms in total. The number of hydrogen-bond donors (Lipinski definition) is 0. The van der Waals surface area contributed by atoms with Gasteiger partial charge in [-0.2, -0.15) is 0 Å². The molecule has 2 heterocycles. The topological polar surface area (TPSA) is 73.8 Å². The van der Waals surface area contributed by atoms with Gasteiger partial charge >= 0.3 is 0 Å². The summed E-state index contributed by atoms with van der Waals surface area (Å²) in [5, 5.41) is 9.92. The van der Waals surface area contributed by atoms with Crippen LogP contribution in [0.2, 0.25) is 5.02 Å². The van der Waals surface area contributed by atoms with Gasteiger partial charge in [-0.1, -0.05) is 47.6 Å². The molecule has 27 heavy (non-hydrogen) atoms. The summed E-state index contributed by atoms with van der Waals surface area (Å²) in [6.07, 6.45) is 2.13. The van der Waals surface area contributed by atoms with Crippen LogP contribution >= 0.6 is 23.4 Å². The van der Waals surface area contributed by atoms with Crippen molar-refractivity contribution < 1.29 is 4.42 Å². The van der Waals surface area contributed by atoms with Gasteiger partial charge in [-0.25, -0.2) is 4.98 Å². The van der Waals surface area contributed by atoms with Gasteiger partial charge in [-0.15, -0.1) is 10.2 Å². The van der Waals surface area contributed by atoms with Crippen molar-refractivity contribution in [2.24, 2.45) is 0 Å². The fourth-order valence-corrected chi connectivity index (χ4v) is 3.48. The molecule has 0 N–H and O–H groups in total. The molecule has 2 aromatic carbocycles. The van der Waals surface area contributed by atoms with Gasteiger partial charge in [-0.05, 0) is 29.8 Å². The SMILES string of the molecule is O=c1c2ccccc2ncn1CCSc1nnc(Cc2ccc(Cl)cc2)o1. The second-order valence-electron chi connectivity index (χ2n) is 5.87. The van der Waals surface area contributed by atoms with Gasteiger partial charge in [0.15, 0.2) is 0 Å². The lowest BCUT2D eigenvalue weighted by atomic mass is 10.1. The van der Waals surface area contributed by atoms with Crippen LogP contribution in [-0.2, 0) is 13.0 Å². The zero-order valence-electron chi connectivity index (χ0n) is 14.2. The Hall–Kier alpha value is -2.64. The van der Waals surface area contributed by atoms with Crippen LogP contribution in [0.5, 0.6) is 0 Å². The molecule has 4 rings (SSSR count). The van der Waals surface area contributed by atoms with Crippen LogP contribution in [0.3, 0.4) is 0 Å². The Morgan fingerprint density at radius 2 is 1.89 bits per heavy atom. The van der Waals surface area contributed by atoms with Gasteiger partial charge in [0.2, 0.25) is 5.89 Å². The highest BCUT2D eigenvalue weighted by molar-refractivity contribution is 7.99. The van der Waals surface area contributed by atoms with Crippen molar-refractivity contribution in [1.29, 1.82) is 0 Å². The smallest absolute Gasteiger partial charge is 0.276 e. The van der Waals surface area contributed by atoms with Crippen LogP contribution in [0.1, 0.15) is 11.5 Å². The molecular weight excluding hydrogens is 384 g/mol. The van der Waals surface area contributed by atoms with Crippen LogP contribution in [0.4, 0.5) is 0 Å². The van der Waals surface area contributed by atoms with Gasteiger partial charge in [0.1, 0.15) is 0 Å². The summed E-state index contributed by atoms with van der Waals surface area (Å²) in [6.45, 7) is 0.510. The zero-order valence-corrected chi connectivity index (χ0v) is 15.8. The molecule has 0 amide bonds. The van der Waals surface area contributed by atoms with Crippen LogP contribution in [0.25, 0.3) is 10.9 Å². The number of rotatable bonds is 6. The van der Waals surface area contributed by atoms with E-state index < -0.39 is 0 Å². The van der Waals surface area contributed by atoms with Gasteiger partial charge in [0.05, 0.1) is 23.7 Å². The number of benzene rings is 2. The lowest BCUT2D eigenvalue weighted by Gasteiger charge is -2.05. The first-order valence-electron chi connectivity index (χ1n) is 8.33. The maximum Gasteiger partial charge on any atom is 0.276 e. The predicted molar refractivity (Wildman–Crippen MR) is 105 cm³/mol. The van der Waals surface area contributed by atoms with Crippen molar-refractivity contribution in [2.75, 3.05) is 5.75 Å². The minimum absolute atomic E-state index is 0.0462. The number of nitrogens with zero attached hydrogens (tertiary/aromatic N) is 4. The number of thioether (sulfide) groups is 1. The number of para-hydroxylation sites is 1. The average Bonchev–Trinajstić information content (AvgIpc) is 3.13. The molecule has 0 fully saturated rings. The molecular formula is C19H15ClN4O2S. The fraction of sp³-hybridized carbons (Fsp3) is 0.158. The summed E-state index contributed by atoms with van der Waals surface area (Å²) in [5.41, 5.74) is 1.71. The van der Waals surface area contributed by atoms with Crippen LogP contribution < -0.4 is 5.56 Å². The average molecular weight is 399 g/mol. The number of aromatic nitrogens is 4. The van der Waals surface area contributed by atoms with Crippen LogP contribution in [0, 0.1) is 0 Å². The van der Waals surface area contributed by atoms with E-state index in [1.165, 1.54) is 11.8 Å². The standard InChI is InChI=1S/C19H15ClN4O2S/c20-14-7-5-13(6-8-14)11-17-22-23-19(26-17)27-10-9-24-12-21-16-4-2-1-3-15(16)18(24)25/h1-8,12H,9-11H2. The maximum absolute atomic E-state index is 12.5. The molecule has 0 aliphatic heterocycles. The highest BCUT2D eigenvalue weighted by atomic mass is 35.5. The van der Waals surface area contributed by atoms with Gasteiger partial charge in [-0.3, -0.25) is 9.36 Å². The van der Waals surface area contributed by atoms with E-state index in [2.05, 4.69) is 15.2 Å². The normalized spacial score (nSPS) is 11.1. The summed E-state index contributed by atoms with van der Waals surface area (Å²) in [4.78, 5) is 16.8. The Morgan fingerprint density at radius 1 is 1.07 bits per heavy atom. The van der Waals surface area contributed by atoms with E-state index in [1.54, 1.807) is 17.0 Å². The number of hydrogen-bond acceptors (Lipinski definition) is 6. The summed E-state index contributed by atoms with van der Waals surface area (Å²) >= 11 is 7.30. The minimum Gasteiger partial charge on any atom is -0.416 e. The molecule has 0 saturated carbocycles. The number of halogens is 1. The van der Waals surface area contributed by atoms with E-state index in [0.717, 1.165) is 5.56 Å². The number of fused-ring (bicyclic) bond motifs is 1. The molecule has 0 atom stereocenters. The first-order valence-corrected chi connectivity index (χ1v) is 9.69. The van der Waals surface area contributed by atoms with Gasteiger partial charge in [0, 0.05) is 17.3 Å². The third kappa shape index (κ3) is 4.20. The van der Waals surface area contributed by atoms with E-state index in [4.69, 9.17) is 16.0 Å². The Balaban J connectivity index is 1.37. The summed E-state index contributed by atoms with van der Waals surface area (Å²) in [6, 6.07) is 14.8. The highest BCUT2D eigenvalue weighted by Gasteiger charge is 2.09. The predicted octanol–water partition coefficient (Wildman–Crippen LogP) is 3.82. The monoisotopic (exact) mass is 398 g/mol. The lowest BCUT2D eigenvalue weighted by molar-refractivity contribution is 0.420. The molecule has 0 aliphatic rings. The molecule has 0 radical (unpaired) electrons. The first-order chi connectivity index (χ1) is 13.2. The molecule has 4 aromatic rings. The molecule has 0 spiro atoms. The zero-order chi connectivity index (χ0) is 18.6. The lowest BCUT2D eigenvalue weighted by Crippen LogP contribution is -2.21. The first kappa shape index (κ1) is 17.8. The highest BCUT2D eigenvalue weighted by Crippen LogP contribution is 2.19. The van der Waals surface area contributed by atoms with Crippen molar-refractivity contribution in [3.8, 4) is 0 Å². The third-order valence-electron chi connectivity index (χ3n) is 4.01. The second kappa shape index (κ2) is 7.94. The third-order valence-corrected chi connectivity index (χ3v) is 5.06. The quantitative estimate of drug-likeness (QED) is 0.460. The molecule has 0 bridgehead atoms. The maximum atomic E-state index is 12.5. The van der Waals surface area contributed by atoms with E-state index >= 15 is 0 Å². The summed E-state index contributed by atoms with van der Waals surface area (Å²) < 4.78 is 7.26. The molecule has 0 aliphatic carbocycles. The second-order valence-corrected chi connectivity index (χ2v) is 7.36. The van der Waals surface area contributed by atoms with Crippen molar-refractivity contribution in [2.45, 2.75) is 18.2 Å². The van der Waals surface area contributed by atoms with Gasteiger partial charge < -0.3 is 4.42 Å². The van der Waals surface area contributed by atoms with Crippen molar-refractivity contribution in [3.05, 3.63) is 81.7 Å². The van der Waals surface area contributed by atoms with Crippen molar-refractivity contribution >= 4 is 34.3 Å². The molecule has 2 aromatic heterocycles. The summed E-state index contributed by atoms with van der Waals surface area (Å²) in [5.74, 6) is 1.17. The Labute approximate surface area is 164 Å². The Kier molecular flexibility index (Phi) is 5.22. The van der Waals surface area contributed by atoms with Crippen molar-refractivity contribution in [1.82, 2.24) is 19.7 Å². The minimum atomic E-state index is -0.0462. The van der Waals surface area contributed by atoms with Crippen LogP contribution in [0.15, 0.2) is 69.3 Å². The molecule has 0 saturated heterocycles. The molecule has 0 unspecified atom stereocenters. The van der Waals surface area contributed by atoms with Crippen molar-refractivity contribution in [3.63, 3.8) is 0 Å². The van der Waals surface area contributed by atoms with Gasteiger partial charge in [0.25, 0.3) is 10.8 Å². The largest absolute Gasteiger partial charge is 0.416 e. The Bertz CT molecular complexity index is 1120.